The highest BCUT2D eigenvalue weighted by Gasteiger charge is 2.12. The summed E-state index contributed by atoms with van der Waals surface area (Å²) in [5.74, 6) is 0.370. The standard InChI is InChI=1S/C14H19N2O/c15-14(17)12-7-4-8-13(9-12)16-10-11-5-2-1-3-6-11/h4,7,9,11,16H,1-3,5-6,10H2,(H2,15,17). The third-order valence-corrected chi connectivity index (χ3v) is 3.39. The van der Waals surface area contributed by atoms with E-state index in [1.54, 1.807) is 18.2 Å². The summed E-state index contributed by atoms with van der Waals surface area (Å²) in [5.41, 5.74) is 6.65. The van der Waals surface area contributed by atoms with Gasteiger partial charge in [0, 0.05) is 23.9 Å². The van der Waals surface area contributed by atoms with E-state index in [2.05, 4.69) is 11.4 Å². The first-order valence-corrected chi connectivity index (χ1v) is 6.31. The van der Waals surface area contributed by atoms with Crippen LogP contribution in [0.25, 0.3) is 0 Å². The van der Waals surface area contributed by atoms with Crippen LogP contribution in [-0.4, -0.2) is 12.5 Å². The summed E-state index contributed by atoms with van der Waals surface area (Å²) in [6.45, 7) is 0.971. The number of nitrogens with two attached hydrogens (primary N) is 1. The number of nitrogens with one attached hydrogen (secondary N) is 1. The van der Waals surface area contributed by atoms with E-state index in [1.807, 2.05) is 0 Å². The van der Waals surface area contributed by atoms with Crippen molar-refractivity contribution in [2.45, 2.75) is 32.1 Å². The summed E-state index contributed by atoms with van der Waals surface area (Å²) >= 11 is 0. The van der Waals surface area contributed by atoms with Crippen LogP contribution in [0.15, 0.2) is 18.2 Å². The molecule has 1 saturated carbocycles. The Morgan fingerprint density at radius 3 is 2.88 bits per heavy atom. The molecule has 2 rings (SSSR count). The van der Waals surface area contributed by atoms with Crippen LogP contribution in [0.5, 0.6) is 0 Å². The molecular weight excluding hydrogens is 212 g/mol. The number of carbonyl (C=O) groups is 1. The summed E-state index contributed by atoms with van der Waals surface area (Å²) in [6, 6.07) is 8.28. The topological polar surface area (TPSA) is 55.1 Å². The summed E-state index contributed by atoms with van der Waals surface area (Å²) in [6.07, 6.45) is 6.68. The van der Waals surface area contributed by atoms with Crippen LogP contribution in [0.2, 0.25) is 0 Å². The molecule has 0 atom stereocenters. The van der Waals surface area contributed by atoms with E-state index < -0.39 is 0 Å². The van der Waals surface area contributed by atoms with Gasteiger partial charge in [0.2, 0.25) is 5.91 Å². The normalized spacial score (nSPS) is 16.7. The summed E-state index contributed by atoms with van der Waals surface area (Å²) < 4.78 is 0. The second-order valence-electron chi connectivity index (χ2n) is 4.74. The minimum atomic E-state index is -0.389. The highest BCUT2D eigenvalue weighted by Crippen LogP contribution is 2.24. The molecule has 0 saturated heterocycles. The second kappa shape index (κ2) is 5.71. The van der Waals surface area contributed by atoms with Gasteiger partial charge in [-0.2, -0.15) is 0 Å². The molecule has 3 N–H and O–H groups in total. The van der Waals surface area contributed by atoms with E-state index in [0.717, 1.165) is 18.2 Å². The number of rotatable bonds is 4. The number of anilines is 1. The molecule has 1 aliphatic rings. The summed E-state index contributed by atoms with van der Waals surface area (Å²) in [4.78, 5) is 11.0. The fraction of sp³-hybridized carbons (Fsp3) is 0.500. The van der Waals surface area contributed by atoms with Gasteiger partial charge in [-0.1, -0.05) is 25.3 Å². The molecule has 1 fully saturated rings. The Bertz CT molecular complexity index is 384. The predicted molar refractivity (Wildman–Crippen MR) is 68.9 cm³/mol. The van der Waals surface area contributed by atoms with Gasteiger partial charge in [-0.15, -0.1) is 0 Å². The predicted octanol–water partition coefficient (Wildman–Crippen LogP) is 2.58. The third-order valence-electron chi connectivity index (χ3n) is 3.39. The maximum Gasteiger partial charge on any atom is 0.248 e. The van der Waals surface area contributed by atoms with Crippen molar-refractivity contribution in [2.75, 3.05) is 11.9 Å². The number of carbonyl (C=O) groups excluding carboxylic acids is 1. The van der Waals surface area contributed by atoms with Gasteiger partial charge in [-0.25, -0.2) is 0 Å². The van der Waals surface area contributed by atoms with Crippen molar-refractivity contribution in [3.8, 4) is 0 Å². The summed E-state index contributed by atoms with van der Waals surface area (Å²) in [7, 11) is 0. The highest BCUT2D eigenvalue weighted by atomic mass is 16.1. The fourth-order valence-electron chi connectivity index (χ4n) is 2.37. The van der Waals surface area contributed by atoms with Crippen molar-refractivity contribution in [1.29, 1.82) is 0 Å². The Morgan fingerprint density at radius 2 is 2.18 bits per heavy atom. The second-order valence-corrected chi connectivity index (χ2v) is 4.74. The first kappa shape index (κ1) is 12.0. The molecule has 0 aliphatic heterocycles. The van der Waals surface area contributed by atoms with Crippen molar-refractivity contribution in [2.24, 2.45) is 11.7 Å². The first-order chi connectivity index (χ1) is 8.25. The largest absolute Gasteiger partial charge is 0.384 e. The van der Waals surface area contributed by atoms with Crippen molar-refractivity contribution in [1.82, 2.24) is 0 Å². The minimum Gasteiger partial charge on any atom is -0.384 e. The Morgan fingerprint density at radius 1 is 1.41 bits per heavy atom. The molecule has 0 heterocycles. The molecule has 1 aliphatic carbocycles. The number of benzene rings is 1. The molecule has 0 bridgehead atoms. The molecule has 1 aromatic carbocycles. The van der Waals surface area contributed by atoms with Gasteiger partial charge in [0.05, 0.1) is 0 Å². The number of hydrogen-bond acceptors (Lipinski definition) is 2. The minimum absolute atomic E-state index is 0.389. The molecule has 1 amide bonds. The Balaban J connectivity index is 1.89. The lowest BCUT2D eigenvalue weighted by Gasteiger charge is -2.22. The smallest absolute Gasteiger partial charge is 0.248 e. The van der Waals surface area contributed by atoms with Crippen LogP contribution in [0.1, 0.15) is 42.5 Å². The van der Waals surface area contributed by atoms with Crippen LogP contribution < -0.4 is 11.1 Å². The van der Waals surface area contributed by atoms with E-state index >= 15 is 0 Å². The van der Waals surface area contributed by atoms with Gasteiger partial charge in [0.1, 0.15) is 0 Å². The zero-order valence-electron chi connectivity index (χ0n) is 10.0. The molecule has 0 aromatic heterocycles. The zero-order chi connectivity index (χ0) is 12.1. The molecule has 1 radical (unpaired) electrons. The van der Waals surface area contributed by atoms with Crippen LogP contribution in [0.4, 0.5) is 5.69 Å². The lowest BCUT2D eigenvalue weighted by Crippen LogP contribution is -2.17. The number of amides is 1. The monoisotopic (exact) mass is 231 g/mol. The molecule has 3 heteroatoms. The van der Waals surface area contributed by atoms with E-state index in [4.69, 9.17) is 5.73 Å². The lowest BCUT2D eigenvalue weighted by atomic mass is 9.89. The van der Waals surface area contributed by atoms with E-state index in [1.165, 1.54) is 32.1 Å². The van der Waals surface area contributed by atoms with E-state index in [9.17, 15) is 4.79 Å². The van der Waals surface area contributed by atoms with Gasteiger partial charge in [-0.3, -0.25) is 4.79 Å². The SMILES string of the molecule is NC(=O)c1cc[c]c(NCC2CCCCC2)c1. The fourth-order valence-corrected chi connectivity index (χ4v) is 2.37. The van der Waals surface area contributed by atoms with Crippen LogP contribution in [-0.2, 0) is 0 Å². The van der Waals surface area contributed by atoms with Gasteiger partial charge < -0.3 is 11.1 Å². The average Bonchev–Trinajstić information content (AvgIpc) is 2.38. The molecule has 17 heavy (non-hydrogen) atoms. The number of hydrogen-bond donors (Lipinski definition) is 2. The molecule has 91 valence electrons. The van der Waals surface area contributed by atoms with Crippen LogP contribution in [0.3, 0.4) is 0 Å². The molecule has 0 unspecified atom stereocenters. The van der Waals surface area contributed by atoms with Gasteiger partial charge in [0.25, 0.3) is 0 Å². The van der Waals surface area contributed by atoms with Crippen LogP contribution in [0, 0.1) is 12.0 Å². The number of primary amides is 1. The highest BCUT2D eigenvalue weighted by molar-refractivity contribution is 5.93. The average molecular weight is 231 g/mol. The maximum atomic E-state index is 11.0. The van der Waals surface area contributed by atoms with Crippen molar-refractivity contribution >= 4 is 11.6 Å². The van der Waals surface area contributed by atoms with E-state index in [-0.39, 0.29) is 5.91 Å². The van der Waals surface area contributed by atoms with Gasteiger partial charge in [-0.05, 0) is 30.9 Å². The van der Waals surface area contributed by atoms with Crippen molar-refractivity contribution < 1.29 is 4.79 Å². The van der Waals surface area contributed by atoms with Gasteiger partial charge in [0.15, 0.2) is 0 Å². The molecule has 1 aromatic rings. The quantitative estimate of drug-likeness (QED) is 0.836. The molecule has 3 nitrogen and oxygen atoms in total. The molecular formula is C14H19N2O. The van der Waals surface area contributed by atoms with Gasteiger partial charge >= 0.3 is 0 Å². The Labute approximate surface area is 102 Å². The lowest BCUT2D eigenvalue weighted by molar-refractivity contribution is 0.100. The van der Waals surface area contributed by atoms with E-state index in [0.29, 0.717) is 5.56 Å². The molecule has 0 spiro atoms. The maximum absolute atomic E-state index is 11.0. The van der Waals surface area contributed by atoms with Crippen molar-refractivity contribution in [3.63, 3.8) is 0 Å². The first-order valence-electron chi connectivity index (χ1n) is 6.31. The zero-order valence-corrected chi connectivity index (χ0v) is 10.0. The Hall–Kier alpha value is -1.51. The third kappa shape index (κ3) is 3.48. The summed E-state index contributed by atoms with van der Waals surface area (Å²) in [5, 5.41) is 3.35. The van der Waals surface area contributed by atoms with Crippen LogP contribution >= 0.6 is 0 Å². The Kier molecular flexibility index (Phi) is 4.02. The van der Waals surface area contributed by atoms with Crippen molar-refractivity contribution in [3.05, 3.63) is 29.8 Å².